The van der Waals surface area contributed by atoms with Crippen molar-refractivity contribution in [1.29, 1.82) is 0 Å². The third-order valence-electron chi connectivity index (χ3n) is 4.05. The highest BCUT2D eigenvalue weighted by atomic mass is 16.4. The number of rotatable bonds is 4. The fraction of sp³-hybridized carbons (Fsp3) is 0.412. The van der Waals surface area contributed by atoms with Gasteiger partial charge in [-0.1, -0.05) is 24.6 Å². The number of Topliss-reactive ketones (excluding diaryl/α,β-unsaturated/α-hetero) is 1. The molecule has 1 fully saturated rings. The van der Waals surface area contributed by atoms with Crippen LogP contribution in [0.25, 0.3) is 11.0 Å². The summed E-state index contributed by atoms with van der Waals surface area (Å²) in [4.78, 5) is 26.5. The molecule has 2 aromatic rings. The van der Waals surface area contributed by atoms with Gasteiger partial charge in [-0.15, -0.1) is 0 Å². The zero-order valence-corrected chi connectivity index (χ0v) is 12.0. The first-order chi connectivity index (χ1) is 10.2. The summed E-state index contributed by atoms with van der Waals surface area (Å²) in [5.74, 6) is -0.125. The first-order valence-electron chi connectivity index (χ1n) is 7.52. The molecule has 1 aliphatic rings. The second-order valence-electron chi connectivity index (χ2n) is 5.56. The van der Waals surface area contributed by atoms with Crippen molar-refractivity contribution < 1.29 is 9.21 Å². The fourth-order valence-corrected chi connectivity index (χ4v) is 2.83. The summed E-state index contributed by atoms with van der Waals surface area (Å²) in [5.41, 5.74) is 0.165. The van der Waals surface area contributed by atoms with Crippen molar-refractivity contribution in [3.05, 3.63) is 46.3 Å². The van der Waals surface area contributed by atoms with Crippen LogP contribution < -0.4 is 5.63 Å². The molecule has 0 spiro atoms. The van der Waals surface area contributed by atoms with Crippen molar-refractivity contribution in [3.63, 3.8) is 0 Å². The van der Waals surface area contributed by atoms with E-state index >= 15 is 0 Å². The number of hydrogen-bond acceptors (Lipinski definition) is 4. The molecule has 1 aliphatic heterocycles. The van der Waals surface area contributed by atoms with Crippen molar-refractivity contribution in [3.8, 4) is 0 Å². The number of ketones is 1. The van der Waals surface area contributed by atoms with Crippen LogP contribution in [0.5, 0.6) is 0 Å². The third-order valence-corrected chi connectivity index (χ3v) is 4.05. The molecule has 1 aromatic heterocycles. The minimum absolute atomic E-state index is 0.125. The van der Waals surface area contributed by atoms with Crippen molar-refractivity contribution >= 4 is 16.8 Å². The van der Waals surface area contributed by atoms with Crippen LogP contribution in [-0.4, -0.2) is 30.3 Å². The van der Waals surface area contributed by atoms with Gasteiger partial charge in [0.2, 0.25) is 0 Å². The Morgan fingerprint density at radius 1 is 1.14 bits per heavy atom. The van der Waals surface area contributed by atoms with Gasteiger partial charge < -0.3 is 9.32 Å². The Morgan fingerprint density at radius 3 is 2.71 bits per heavy atom. The molecule has 0 unspecified atom stereocenters. The predicted octanol–water partition coefficient (Wildman–Crippen LogP) is 2.85. The molecule has 0 aliphatic carbocycles. The third kappa shape index (κ3) is 3.22. The average Bonchev–Trinajstić information content (AvgIpc) is 2.53. The van der Waals surface area contributed by atoms with E-state index in [1.165, 1.54) is 19.3 Å². The van der Waals surface area contributed by atoms with Crippen LogP contribution in [-0.2, 0) is 0 Å². The van der Waals surface area contributed by atoms with E-state index in [2.05, 4.69) is 4.90 Å². The lowest BCUT2D eigenvalue weighted by Crippen LogP contribution is -2.32. The summed E-state index contributed by atoms with van der Waals surface area (Å²) in [6.45, 7) is 2.84. The first-order valence-corrected chi connectivity index (χ1v) is 7.52. The minimum Gasteiger partial charge on any atom is -0.422 e. The number of carbonyl (C=O) groups is 1. The van der Waals surface area contributed by atoms with Crippen LogP contribution in [0.1, 0.15) is 36.0 Å². The average molecular weight is 285 g/mol. The van der Waals surface area contributed by atoms with Crippen molar-refractivity contribution in [1.82, 2.24) is 4.90 Å². The highest BCUT2D eigenvalue weighted by molar-refractivity contribution is 5.98. The van der Waals surface area contributed by atoms with Gasteiger partial charge in [0.15, 0.2) is 5.78 Å². The van der Waals surface area contributed by atoms with Gasteiger partial charge in [-0.25, -0.2) is 4.79 Å². The topological polar surface area (TPSA) is 50.5 Å². The largest absolute Gasteiger partial charge is 0.422 e. The lowest BCUT2D eigenvalue weighted by Gasteiger charge is -2.25. The number of piperidine rings is 1. The fourth-order valence-electron chi connectivity index (χ4n) is 2.83. The van der Waals surface area contributed by atoms with Gasteiger partial charge in [0.25, 0.3) is 0 Å². The summed E-state index contributed by atoms with van der Waals surface area (Å²) in [6.07, 6.45) is 4.06. The second-order valence-corrected chi connectivity index (χ2v) is 5.56. The van der Waals surface area contributed by atoms with Gasteiger partial charge in [-0.05, 0) is 38.1 Å². The zero-order chi connectivity index (χ0) is 14.7. The summed E-state index contributed by atoms with van der Waals surface area (Å²) in [6, 6.07) is 8.91. The molecule has 21 heavy (non-hydrogen) atoms. The predicted molar refractivity (Wildman–Crippen MR) is 81.7 cm³/mol. The molecule has 0 radical (unpaired) electrons. The molecule has 4 nitrogen and oxygen atoms in total. The quantitative estimate of drug-likeness (QED) is 0.640. The van der Waals surface area contributed by atoms with E-state index in [0.29, 0.717) is 12.0 Å². The molecule has 3 rings (SSSR count). The summed E-state index contributed by atoms with van der Waals surface area (Å²) < 4.78 is 5.22. The Hall–Kier alpha value is -1.94. The molecule has 0 amide bonds. The highest BCUT2D eigenvalue weighted by Crippen LogP contribution is 2.14. The maximum Gasteiger partial charge on any atom is 0.347 e. The summed E-state index contributed by atoms with van der Waals surface area (Å²) in [5, 5.41) is 0.790. The molecule has 0 N–H and O–H groups in total. The number of benzene rings is 1. The number of para-hydroxylation sites is 1. The van der Waals surface area contributed by atoms with Gasteiger partial charge in [-0.3, -0.25) is 4.79 Å². The van der Waals surface area contributed by atoms with Crippen LogP contribution in [0, 0.1) is 0 Å². The van der Waals surface area contributed by atoms with Crippen LogP contribution in [0.2, 0.25) is 0 Å². The molecule has 1 aromatic carbocycles. The molecule has 2 heterocycles. The Morgan fingerprint density at radius 2 is 1.90 bits per heavy atom. The van der Waals surface area contributed by atoms with E-state index in [0.717, 1.165) is 25.0 Å². The maximum atomic E-state index is 12.3. The molecule has 110 valence electrons. The van der Waals surface area contributed by atoms with Crippen LogP contribution in [0.4, 0.5) is 0 Å². The van der Waals surface area contributed by atoms with Gasteiger partial charge in [-0.2, -0.15) is 0 Å². The highest BCUT2D eigenvalue weighted by Gasteiger charge is 2.16. The maximum absolute atomic E-state index is 12.3. The number of carbonyl (C=O) groups excluding carboxylic acids is 1. The molecule has 0 bridgehead atoms. The molecule has 0 atom stereocenters. The SMILES string of the molecule is O=C(CCN1CCCCC1)c1cc2ccccc2oc1=O. The monoisotopic (exact) mass is 285 g/mol. The van der Waals surface area contributed by atoms with Gasteiger partial charge in [0, 0.05) is 18.4 Å². The lowest BCUT2D eigenvalue weighted by molar-refractivity contribution is 0.0955. The Labute approximate surface area is 123 Å². The first kappa shape index (κ1) is 14.0. The van der Waals surface area contributed by atoms with Crippen LogP contribution >= 0.6 is 0 Å². The number of hydrogen-bond donors (Lipinski definition) is 0. The van der Waals surface area contributed by atoms with Gasteiger partial charge in [0.1, 0.15) is 11.1 Å². The smallest absolute Gasteiger partial charge is 0.347 e. The summed E-state index contributed by atoms with van der Waals surface area (Å²) >= 11 is 0. The normalized spacial score (nSPS) is 16.2. The van der Waals surface area contributed by atoms with Gasteiger partial charge in [0.05, 0.1) is 0 Å². The van der Waals surface area contributed by atoms with E-state index in [1.807, 2.05) is 18.2 Å². The van der Waals surface area contributed by atoms with Crippen molar-refractivity contribution in [2.45, 2.75) is 25.7 Å². The molecular weight excluding hydrogens is 266 g/mol. The van der Waals surface area contributed by atoms with E-state index in [1.54, 1.807) is 12.1 Å². The van der Waals surface area contributed by atoms with Crippen LogP contribution in [0.3, 0.4) is 0 Å². The number of fused-ring (bicyclic) bond motifs is 1. The van der Waals surface area contributed by atoms with E-state index in [4.69, 9.17) is 4.42 Å². The number of nitrogens with zero attached hydrogens (tertiary/aromatic N) is 1. The molecule has 1 saturated heterocycles. The molecular formula is C17H19NO3. The van der Waals surface area contributed by atoms with E-state index in [9.17, 15) is 9.59 Å². The van der Waals surface area contributed by atoms with Crippen LogP contribution in [0.15, 0.2) is 39.5 Å². The molecule has 4 heteroatoms. The number of likely N-dealkylation sites (tertiary alicyclic amines) is 1. The minimum atomic E-state index is -0.530. The zero-order valence-electron chi connectivity index (χ0n) is 12.0. The standard InChI is InChI=1S/C17H19NO3/c19-15(8-11-18-9-4-1-5-10-18)14-12-13-6-2-3-7-16(13)21-17(14)20/h2-3,6-7,12H,1,4-5,8-11H2. The van der Waals surface area contributed by atoms with Gasteiger partial charge >= 0.3 is 5.63 Å². The molecule has 0 saturated carbocycles. The Kier molecular flexibility index (Phi) is 4.15. The van der Waals surface area contributed by atoms with E-state index < -0.39 is 5.63 Å². The second kappa shape index (κ2) is 6.22. The van der Waals surface area contributed by atoms with E-state index in [-0.39, 0.29) is 11.3 Å². The Bertz CT molecular complexity index is 698. The van der Waals surface area contributed by atoms with Crippen molar-refractivity contribution in [2.24, 2.45) is 0 Å². The van der Waals surface area contributed by atoms with Crippen molar-refractivity contribution in [2.75, 3.05) is 19.6 Å². The lowest BCUT2D eigenvalue weighted by atomic mass is 10.1. The summed E-state index contributed by atoms with van der Waals surface area (Å²) in [7, 11) is 0. The Balaban J connectivity index is 1.74.